The van der Waals surface area contributed by atoms with Crippen molar-refractivity contribution in [2.45, 2.75) is 26.3 Å². The number of carbonyl (C=O) groups excluding carboxylic acids is 1. The van der Waals surface area contributed by atoms with Gasteiger partial charge in [-0.15, -0.1) is 0 Å². The van der Waals surface area contributed by atoms with E-state index in [2.05, 4.69) is 9.98 Å². The van der Waals surface area contributed by atoms with E-state index in [-0.39, 0.29) is 23.0 Å². The molecule has 1 amide bonds. The molecule has 0 aliphatic carbocycles. The lowest BCUT2D eigenvalue weighted by molar-refractivity contribution is -0.152. The van der Waals surface area contributed by atoms with Crippen LogP contribution >= 0.6 is 0 Å². The first kappa shape index (κ1) is 14.1. The highest BCUT2D eigenvalue weighted by molar-refractivity contribution is 6.16. The third kappa shape index (κ3) is 1.96. The SMILES string of the molecule is CC(C)C1(C)N=C(c2ncccc2C(=O)O)N(O)C1=O. The average Bonchev–Trinajstić information content (AvgIpc) is 2.64. The van der Waals surface area contributed by atoms with Crippen molar-refractivity contribution in [3.05, 3.63) is 29.6 Å². The summed E-state index contributed by atoms with van der Waals surface area (Å²) in [5.41, 5.74) is -1.27. The summed E-state index contributed by atoms with van der Waals surface area (Å²) in [4.78, 5) is 31.4. The molecule has 106 valence electrons. The Morgan fingerprint density at radius 2 is 2.10 bits per heavy atom. The molecule has 7 nitrogen and oxygen atoms in total. The number of amidine groups is 1. The van der Waals surface area contributed by atoms with Gasteiger partial charge in [-0.2, -0.15) is 5.06 Å². The molecule has 0 radical (unpaired) electrons. The Bertz CT molecular complexity index is 611. The molecule has 0 bridgehead atoms. The number of carbonyl (C=O) groups is 2. The Morgan fingerprint density at radius 1 is 1.45 bits per heavy atom. The lowest BCUT2D eigenvalue weighted by Crippen LogP contribution is -2.42. The fourth-order valence-electron chi connectivity index (χ4n) is 1.91. The van der Waals surface area contributed by atoms with Crippen molar-refractivity contribution in [1.29, 1.82) is 0 Å². The molecule has 1 aliphatic heterocycles. The number of aromatic carboxylic acids is 1. The molecule has 2 N–H and O–H groups in total. The van der Waals surface area contributed by atoms with Gasteiger partial charge in [-0.25, -0.2) is 9.79 Å². The molecular weight excluding hydrogens is 262 g/mol. The Kier molecular flexibility index (Phi) is 3.31. The Labute approximate surface area is 115 Å². The van der Waals surface area contributed by atoms with Crippen LogP contribution < -0.4 is 0 Å². The molecule has 0 aromatic carbocycles. The lowest BCUT2D eigenvalue weighted by atomic mass is 9.89. The molecule has 1 aromatic rings. The van der Waals surface area contributed by atoms with Gasteiger partial charge in [0.05, 0.1) is 5.56 Å². The van der Waals surface area contributed by atoms with Crippen LogP contribution in [0.5, 0.6) is 0 Å². The molecule has 1 aliphatic rings. The molecule has 0 saturated carbocycles. The number of rotatable bonds is 3. The van der Waals surface area contributed by atoms with E-state index in [1.807, 2.05) is 0 Å². The van der Waals surface area contributed by atoms with Crippen LogP contribution in [0.15, 0.2) is 23.3 Å². The number of nitrogens with zero attached hydrogens (tertiary/aromatic N) is 3. The van der Waals surface area contributed by atoms with Crippen LogP contribution in [0.1, 0.15) is 36.8 Å². The van der Waals surface area contributed by atoms with Crippen molar-refractivity contribution in [1.82, 2.24) is 10.0 Å². The molecule has 1 unspecified atom stereocenters. The standard InChI is InChI=1S/C13H15N3O4/c1-7(2)13(3)12(19)16(20)10(15-13)9-8(11(17)18)5-4-6-14-9/h4-7,20H,1-3H3,(H,17,18). The zero-order valence-electron chi connectivity index (χ0n) is 11.4. The third-order valence-corrected chi connectivity index (χ3v) is 3.54. The van der Waals surface area contributed by atoms with Crippen LogP contribution in [0.25, 0.3) is 0 Å². The highest BCUT2D eigenvalue weighted by atomic mass is 16.5. The van der Waals surface area contributed by atoms with Crippen LogP contribution in [-0.2, 0) is 4.79 Å². The topological polar surface area (TPSA) is 103 Å². The fraction of sp³-hybridized carbons (Fsp3) is 0.385. The van der Waals surface area contributed by atoms with Crippen LogP contribution in [0.2, 0.25) is 0 Å². The minimum absolute atomic E-state index is 0.0276. The minimum atomic E-state index is -1.20. The van der Waals surface area contributed by atoms with Gasteiger partial charge in [0.15, 0.2) is 5.84 Å². The normalized spacial score (nSPS) is 22.4. The first-order chi connectivity index (χ1) is 9.29. The second kappa shape index (κ2) is 4.68. The van der Waals surface area contributed by atoms with E-state index < -0.39 is 17.4 Å². The summed E-state index contributed by atoms with van der Waals surface area (Å²) in [6.45, 7) is 5.20. The second-order valence-electron chi connectivity index (χ2n) is 5.06. The van der Waals surface area contributed by atoms with Gasteiger partial charge in [-0.3, -0.25) is 15.0 Å². The number of carboxylic acids is 1. The maximum atomic E-state index is 12.1. The van der Waals surface area contributed by atoms with Gasteiger partial charge < -0.3 is 5.11 Å². The van der Waals surface area contributed by atoms with Crippen molar-refractivity contribution in [2.75, 3.05) is 0 Å². The summed E-state index contributed by atoms with van der Waals surface area (Å²) in [6.07, 6.45) is 1.38. The van der Waals surface area contributed by atoms with Crippen molar-refractivity contribution >= 4 is 17.7 Å². The summed E-state index contributed by atoms with van der Waals surface area (Å²) in [6, 6.07) is 2.81. The maximum absolute atomic E-state index is 12.1. The Morgan fingerprint density at radius 3 is 2.60 bits per heavy atom. The third-order valence-electron chi connectivity index (χ3n) is 3.54. The predicted octanol–water partition coefficient (Wildman–Crippen LogP) is 1.17. The highest BCUT2D eigenvalue weighted by Gasteiger charge is 2.48. The monoisotopic (exact) mass is 277 g/mol. The Hall–Kier alpha value is -2.28. The minimum Gasteiger partial charge on any atom is -0.478 e. The summed E-state index contributed by atoms with van der Waals surface area (Å²) >= 11 is 0. The van der Waals surface area contributed by atoms with Gasteiger partial charge in [-0.05, 0) is 25.0 Å². The fourth-order valence-corrected chi connectivity index (χ4v) is 1.91. The highest BCUT2D eigenvalue weighted by Crippen LogP contribution is 2.31. The summed E-state index contributed by atoms with van der Waals surface area (Å²) in [5.74, 6) is -2.08. The molecule has 1 atom stereocenters. The number of aromatic nitrogens is 1. The number of amides is 1. The zero-order valence-corrected chi connectivity index (χ0v) is 11.4. The maximum Gasteiger partial charge on any atom is 0.338 e. The molecular formula is C13H15N3O4. The molecule has 0 fully saturated rings. The lowest BCUT2D eigenvalue weighted by Gasteiger charge is -2.22. The van der Waals surface area contributed by atoms with E-state index in [9.17, 15) is 14.8 Å². The number of hydroxylamine groups is 2. The van der Waals surface area contributed by atoms with Crippen molar-refractivity contribution in [2.24, 2.45) is 10.9 Å². The first-order valence-electron chi connectivity index (χ1n) is 6.11. The van der Waals surface area contributed by atoms with Crippen molar-refractivity contribution in [3.63, 3.8) is 0 Å². The predicted molar refractivity (Wildman–Crippen MR) is 69.6 cm³/mol. The number of aliphatic imine (C=N–C) groups is 1. The molecule has 1 aromatic heterocycles. The van der Waals surface area contributed by atoms with Gasteiger partial charge in [0.1, 0.15) is 11.2 Å². The second-order valence-corrected chi connectivity index (χ2v) is 5.06. The van der Waals surface area contributed by atoms with Crippen LogP contribution in [0.3, 0.4) is 0 Å². The molecule has 20 heavy (non-hydrogen) atoms. The van der Waals surface area contributed by atoms with Gasteiger partial charge in [0.2, 0.25) is 0 Å². The molecule has 7 heteroatoms. The van der Waals surface area contributed by atoms with E-state index >= 15 is 0 Å². The zero-order chi connectivity index (χ0) is 15.1. The van der Waals surface area contributed by atoms with Crippen molar-refractivity contribution < 1.29 is 19.9 Å². The average molecular weight is 277 g/mol. The van der Waals surface area contributed by atoms with Gasteiger partial charge in [0, 0.05) is 6.20 Å². The van der Waals surface area contributed by atoms with Gasteiger partial charge in [0.25, 0.3) is 5.91 Å². The number of hydrogen-bond donors (Lipinski definition) is 2. The van der Waals surface area contributed by atoms with E-state index in [0.29, 0.717) is 5.06 Å². The number of carboxylic acid groups (broad SMARTS) is 1. The smallest absolute Gasteiger partial charge is 0.338 e. The van der Waals surface area contributed by atoms with Gasteiger partial charge >= 0.3 is 5.97 Å². The van der Waals surface area contributed by atoms with E-state index in [0.717, 1.165) is 0 Å². The molecule has 0 saturated heterocycles. The molecule has 2 rings (SSSR count). The number of hydrogen-bond acceptors (Lipinski definition) is 5. The molecule has 2 heterocycles. The van der Waals surface area contributed by atoms with E-state index in [4.69, 9.17) is 5.11 Å². The quantitative estimate of drug-likeness (QED) is 0.807. The van der Waals surface area contributed by atoms with E-state index in [1.54, 1.807) is 20.8 Å². The van der Waals surface area contributed by atoms with Crippen molar-refractivity contribution in [3.8, 4) is 0 Å². The first-order valence-corrected chi connectivity index (χ1v) is 6.11. The van der Waals surface area contributed by atoms with E-state index in [1.165, 1.54) is 18.3 Å². The Balaban J connectivity index is 2.59. The summed E-state index contributed by atoms with van der Waals surface area (Å²) in [5, 5.41) is 19.4. The largest absolute Gasteiger partial charge is 0.478 e. The summed E-state index contributed by atoms with van der Waals surface area (Å²) in [7, 11) is 0. The van der Waals surface area contributed by atoms with Gasteiger partial charge in [-0.1, -0.05) is 13.8 Å². The number of pyridine rings is 1. The van der Waals surface area contributed by atoms with Crippen LogP contribution in [0, 0.1) is 5.92 Å². The summed E-state index contributed by atoms with van der Waals surface area (Å²) < 4.78 is 0. The molecule has 0 spiro atoms. The van der Waals surface area contributed by atoms with Crippen LogP contribution in [0.4, 0.5) is 0 Å². The van der Waals surface area contributed by atoms with Crippen LogP contribution in [-0.4, -0.2) is 43.6 Å².